The maximum atomic E-state index is 9.25. The van der Waals surface area contributed by atoms with Crippen LogP contribution in [0.1, 0.15) is 18.4 Å². The molecule has 98 valence electrons. The highest BCUT2D eigenvalue weighted by Crippen LogP contribution is 2.29. The molecule has 2 heterocycles. The summed E-state index contributed by atoms with van der Waals surface area (Å²) in [7, 11) is 0. The van der Waals surface area contributed by atoms with E-state index in [1.54, 1.807) is 0 Å². The molecule has 0 aliphatic carbocycles. The molecule has 3 heteroatoms. The fourth-order valence-corrected chi connectivity index (χ4v) is 3.11. The zero-order valence-corrected chi connectivity index (χ0v) is 10.7. The molecule has 0 radical (unpaired) electrons. The van der Waals surface area contributed by atoms with E-state index in [-0.39, 0.29) is 0 Å². The predicted octanol–water partition coefficient (Wildman–Crippen LogP) is 1.69. The van der Waals surface area contributed by atoms with Crippen molar-refractivity contribution < 1.29 is 9.84 Å². The van der Waals surface area contributed by atoms with Crippen molar-refractivity contribution in [2.75, 3.05) is 26.2 Å². The number of nitrogens with zero attached hydrogens (tertiary/aromatic N) is 1. The molecule has 2 atom stereocenters. The molecule has 1 N–H and O–H groups in total. The lowest BCUT2D eigenvalue weighted by Gasteiger charge is -2.33. The number of para-hydroxylation sites is 1. The molecule has 0 bridgehead atoms. The third-order valence-electron chi connectivity index (χ3n) is 4.04. The van der Waals surface area contributed by atoms with E-state index >= 15 is 0 Å². The molecule has 0 amide bonds. The van der Waals surface area contributed by atoms with Crippen molar-refractivity contribution >= 4 is 0 Å². The number of rotatable bonds is 3. The Hall–Kier alpha value is -1.06. The van der Waals surface area contributed by atoms with Crippen LogP contribution in [0.15, 0.2) is 24.3 Å². The number of aliphatic hydroxyl groups excluding tert-OH is 1. The number of likely N-dealkylation sites (tertiary alicyclic amines) is 1. The van der Waals surface area contributed by atoms with E-state index in [9.17, 15) is 5.11 Å². The number of benzene rings is 1. The minimum absolute atomic E-state index is 0.292. The Labute approximate surface area is 108 Å². The van der Waals surface area contributed by atoms with E-state index in [1.807, 2.05) is 6.07 Å². The van der Waals surface area contributed by atoms with Crippen LogP contribution in [0.2, 0.25) is 0 Å². The first-order valence-corrected chi connectivity index (χ1v) is 6.93. The molecular formula is C15H21NO2. The van der Waals surface area contributed by atoms with Gasteiger partial charge in [-0.3, -0.25) is 4.90 Å². The minimum Gasteiger partial charge on any atom is -0.488 e. The molecule has 3 rings (SSSR count). The first-order valence-electron chi connectivity index (χ1n) is 6.93. The van der Waals surface area contributed by atoms with Crippen LogP contribution in [0.25, 0.3) is 0 Å². The molecular weight excluding hydrogens is 226 g/mol. The van der Waals surface area contributed by atoms with Gasteiger partial charge in [-0.15, -0.1) is 0 Å². The molecule has 2 unspecified atom stereocenters. The molecule has 0 spiro atoms. The van der Waals surface area contributed by atoms with Gasteiger partial charge in [0.25, 0.3) is 0 Å². The topological polar surface area (TPSA) is 32.7 Å². The summed E-state index contributed by atoms with van der Waals surface area (Å²) in [5.74, 6) is 1.51. The second kappa shape index (κ2) is 5.29. The molecule has 1 aromatic rings. The monoisotopic (exact) mass is 247 g/mol. The van der Waals surface area contributed by atoms with Gasteiger partial charge in [0.2, 0.25) is 0 Å². The van der Waals surface area contributed by atoms with Crippen molar-refractivity contribution in [3.63, 3.8) is 0 Å². The van der Waals surface area contributed by atoms with Crippen LogP contribution in [0, 0.1) is 5.92 Å². The van der Waals surface area contributed by atoms with Crippen LogP contribution in [0.3, 0.4) is 0 Å². The highest BCUT2D eigenvalue weighted by molar-refractivity contribution is 5.37. The van der Waals surface area contributed by atoms with Gasteiger partial charge in [0.15, 0.2) is 0 Å². The van der Waals surface area contributed by atoms with Gasteiger partial charge in [-0.2, -0.15) is 0 Å². The fraction of sp³-hybridized carbons (Fsp3) is 0.600. The Morgan fingerprint density at radius 3 is 3.06 bits per heavy atom. The number of fused-ring (bicyclic) bond motifs is 1. The van der Waals surface area contributed by atoms with Gasteiger partial charge >= 0.3 is 0 Å². The lowest BCUT2D eigenvalue weighted by Crippen LogP contribution is -2.42. The summed E-state index contributed by atoms with van der Waals surface area (Å²) < 4.78 is 5.97. The van der Waals surface area contributed by atoms with E-state index in [2.05, 4.69) is 23.1 Å². The number of aliphatic hydroxyl groups is 1. The van der Waals surface area contributed by atoms with Crippen molar-refractivity contribution in [1.82, 2.24) is 4.90 Å². The van der Waals surface area contributed by atoms with E-state index in [0.29, 0.717) is 18.6 Å². The largest absolute Gasteiger partial charge is 0.488 e. The molecule has 2 aliphatic rings. The third-order valence-corrected chi connectivity index (χ3v) is 4.04. The van der Waals surface area contributed by atoms with Crippen molar-refractivity contribution in [1.29, 1.82) is 0 Å². The highest BCUT2D eigenvalue weighted by atomic mass is 16.5. The molecule has 0 aromatic heterocycles. The second-order valence-corrected chi connectivity index (χ2v) is 5.50. The highest BCUT2D eigenvalue weighted by Gasteiger charge is 2.27. The average molecular weight is 247 g/mol. The summed E-state index contributed by atoms with van der Waals surface area (Å²) in [5.41, 5.74) is 1.33. The zero-order chi connectivity index (χ0) is 12.4. The maximum absolute atomic E-state index is 9.25. The average Bonchev–Trinajstić information content (AvgIpc) is 2.81. The Balaban J connectivity index is 1.56. The van der Waals surface area contributed by atoms with Crippen molar-refractivity contribution in [3.8, 4) is 5.75 Å². The Bertz CT molecular complexity index is 382. The second-order valence-electron chi connectivity index (χ2n) is 5.50. The summed E-state index contributed by atoms with van der Waals surface area (Å²) in [4.78, 5) is 2.45. The lowest BCUT2D eigenvalue weighted by molar-refractivity contribution is 0.0858. The van der Waals surface area contributed by atoms with Crippen molar-refractivity contribution in [2.45, 2.75) is 25.4 Å². The maximum Gasteiger partial charge on any atom is 0.123 e. The number of ether oxygens (including phenoxy) is 1. The van der Waals surface area contributed by atoms with Gasteiger partial charge in [0.1, 0.15) is 11.9 Å². The first-order chi connectivity index (χ1) is 8.85. The quantitative estimate of drug-likeness (QED) is 0.882. The number of hydrogen-bond acceptors (Lipinski definition) is 3. The standard InChI is InChI=1S/C15H21NO2/c17-11-12-4-3-7-16(9-12)10-14-8-13-5-1-2-6-15(13)18-14/h1-2,5-6,12,14,17H,3-4,7-11H2. The minimum atomic E-state index is 0.292. The van der Waals surface area contributed by atoms with Gasteiger partial charge < -0.3 is 9.84 Å². The van der Waals surface area contributed by atoms with Crippen LogP contribution < -0.4 is 4.74 Å². The van der Waals surface area contributed by atoms with E-state index in [0.717, 1.165) is 31.8 Å². The van der Waals surface area contributed by atoms with E-state index in [4.69, 9.17) is 4.74 Å². The zero-order valence-electron chi connectivity index (χ0n) is 10.7. The lowest BCUT2D eigenvalue weighted by atomic mass is 9.98. The van der Waals surface area contributed by atoms with Gasteiger partial charge in [-0.25, -0.2) is 0 Å². The van der Waals surface area contributed by atoms with Gasteiger partial charge in [0, 0.05) is 26.1 Å². The van der Waals surface area contributed by atoms with Gasteiger partial charge in [0.05, 0.1) is 0 Å². The Morgan fingerprint density at radius 2 is 2.22 bits per heavy atom. The smallest absolute Gasteiger partial charge is 0.123 e. The molecule has 1 aromatic carbocycles. The van der Waals surface area contributed by atoms with Crippen LogP contribution in [-0.2, 0) is 6.42 Å². The van der Waals surface area contributed by atoms with E-state index < -0.39 is 0 Å². The molecule has 18 heavy (non-hydrogen) atoms. The SMILES string of the molecule is OCC1CCCN(CC2Cc3ccccc3O2)C1. The third kappa shape index (κ3) is 2.52. The summed E-state index contributed by atoms with van der Waals surface area (Å²) in [5, 5.41) is 9.25. The molecule has 1 saturated heterocycles. The molecule has 2 aliphatic heterocycles. The van der Waals surface area contributed by atoms with E-state index in [1.165, 1.54) is 18.4 Å². The van der Waals surface area contributed by atoms with Crippen molar-refractivity contribution in [3.05, 3.63) is 29.8 Å². The van der Waals surface area contributed by atoms with Gasteiger partial charge in [-0.1, -0.05) is 18.2 Å². The summed E-state index contributed by atoms with van der Waals surface area (Å²) in [6.07, 6.45) is 3.68. The van der Waals surface area contributed by atoms with Crippen LogP contribution >= 0.6 is 0 Å². The fourth-order valence-electron chi connectivity index (χ4n) is 3.11. The van der Waals surface area contributed by atoms with Gasteiger partial charge in [-0.05, 0) is 36.9 Å². The van der Waals surface area contributed by atoms with Crippen LogP contribution in [0.5, 0.6) is 5.75 Å². The van der Waals surface area contributed by atoms with Crippen LogP contribution in [-0.4, -0.2) is 42.4 Å². The molecule has 3 nitrogen and oxygen atoms in total. The first kappa shape index (κ1) is 12.0. The predicted molar refractivity (Wildman–Crippen MR) is 70.8 cm³/mol. The summed E-state index contributed by atoms with van der Waals surface area (Å²) >= 11 is 0. The Morgan fingerprint density at radius 1 is 1.33 bits per heavy atom. The van der Waals surface area contributed by atoms with Crippen molar-refractivity contribution in [2.24, 2.45) is 5.92 Å². The molecule has 0 saturated carbocycles. The van der Waals surface area contributed by atoms with Crippen LogP contribution in [0.4, 0.5) is 0 Å². The Kier molecular flexibility index (Phi) is 3.52. The number of hydrogen-bond donors (Lipinski definition) is 1. The summed E-state index contributed by atoms with van der Waals surface area (Å²) in [6, 6.07) is 8.32. The summed E-state index contributed by atoms with van der Waals surface area (Å²) in [6.45, 7) is 3.48. The normalized spacial score (nSPS) is 27.8. The molecule has 1 fully saturated rings. The number of piperidine rings is 1.